The van der Waals surface area contributed by atoms with E-state index in [1.165, 1.54) is 12.1 Å². The maximum Gasteiger partial charge on any atom is 0.422 e. The van der Waals surface area contributed by atoms with E-state index in [2.05, 4.69) is 0 Å². The van der Waals surface area contributed by atoms with Crippen molar-refractivity contribution in [3.05, 3.63) is 98.8 Å². The fourth-order valence-corrected chi connectivity index (χ4v) is 3.79. The Balaban J connectivity index is 2.15. The average Bonchev–Trinajstić information content (AvgIpc) is 2.72. The molecular formula is C24H14F7NO. The van der Waals surface area contributed by atoms with Crippen molar-refractivity contribution in [3.8, 4) is 16.8 Å². The minimum absolute atomic E-state index is 0.138. The van der Waals surface area contributed by atoms with Crippen molar-refractivity contribution in [3.63, 3.8) is 0 Å². The van der Waals surface area contributed by atoms with Crippen molar-refractivity contribution < 1.29 is 30.7 Å². The molecule has 0 bridgehead atoms. The van der Waals surface area contributed by atoms with Crippen LogP contribution in [0.25, 0.3) is 27.7 Å². The van der Waals surface area contributed by atoms with E-state index in [1.807, 2.05) is 13.0 Å². The van der Waals surface area contributed by atoms with Gasteiger partial charge in [0.25, 0.3) is 5.56 Å². The number of nitrogens with zero attached hydrogens (tertiary/aromatic N) is 1. The highest BCUT2D eigenvalue weighted by molar-refractivity contribution is 5.96. The predicted octanol–water partition coefficient (Wildman–Crippen LogP) is 6.85. The molecule has 2 nitrogen and oxygen atoms in total. The van der Waals surface area contributed by atoms with Crippen molar-refractivity contribution >= 4 is 10.9 Å². The van der Waals surface area contributed by atoms with Gasteiger partial charge in [0.2, 0.25) is 0 Å². The van der Waals surface area contributed by atoms with E-state index in [4.69, 9.17) is 0 Å². The van der Waals surface area contributed by atoms with Crippen LogP contribution in [0.4, 0.5) is 30.7 Å². The molecule has 0 saturated carbocycles. The van der Waals surface area contributed by atoms with Gasteiger partial charge in [-0.25, -0.2) is 17.6 Å². The molecule has 9 heteroatoms. The van der Waals surface area contributed by atoms with E-state index in [0.29, 0.717) is 26.6 Å². The first-order valence-electron chi connectivity index (χ1n) is 9.58. The SMILES string of the molecule is Cc1cccc(-c2cc(=O)n(-c3c(F)c(F)c(C(F)(F)F)c(F)c3F)c3ccc(C)cc23)c1. The van der Waals surface area contributed by atoms with Gasteiger partial charge < -0.3 is 0 Å². The lowest BCUT2D eigenvalue weighted by Crippen LogP contribution is -2.24. The molecule has 0 aliphatic rings. The van der Waals surface area contributed by atoms with E-state index in [9.17, 15) is 35.5 Å². The summed E-state index contributed by atoms with van der Waals surface area (Å²) in [6, 6.07) is 12.4. The third-order valence-corrected chi connectivity index (χ3v) is 5.25. The zero-order chi connectivity index (χ0) is 24.2. The zero-order valence-corrected chi connectivity index (χ0v) is 17.1. The van der Waals surface area contributed by atoms with Crippen molar-refractivity contribution in [1.82, 2.24) is 4.57 Å². The van der Waals surface area contributed by atoms with Gasteiger partial charge in [0.1, 0.15) is 11.3 Å². The molecule has 0 N–H and O–H groups in total. The van der Waals surface area contributed by atoms with Crippen molar-refractivity contribution in [1.29, 1.82) is 0 Å². The maximum absolute atomic E-state index is 14.7. The highest BCUT2D eigenvalue weighted by Crippen LogP contribution is 2.39. The maximum atomic E-state index is 14.7. The number of aryl methyl sites for hydroxylation is 2. The lowest BCUT2D eigenvalue weighted by Gasteiger charge is -2.18. The summed E-state index contributed by atoms with van der Waals surface area (Å²) in [5.74, 6) is -9.92. The Morgan fingerprint density at radius 2 is 1.36 bits per heavy atom. The largest absolute Gasteiger partial charge is 0.422 e. The van der Waals surface area contributed by atoms with E-state index in [-0.39, 0.29) is 5.52 Å². The van der Waals surface area contributed by atoms with Gasteiger partial charge in [0.05, 0.1) is 5.52 Å². The molecule has 0 amide bonds. The van der Waals surface area contributed by atoms with Crippen LogP contribution in [-0.2, 0) is 6.18 Å². The number of rotatable bonds is 2. The predicted molar refractivity (Wildman–Crippen MR) is 109 cm³/mol. The normalized spacial score (nSPS) is 11.9. The minimum atomic E-state index is -5.69. The quantitative estimate of drug-likeness (QED) is 0.234. The summed E-state index contributed by atoms with van der Waals surface area (Å²) in [5.41, 5.74) is -2.94. The number of alkyl halides is 3. The van der Waals surface area contributed by atoms with Crippen molar-refractivity contribution in [2.24, 2.45) is 0 Å². The van der Waals surface area contributed by atoms with E-state index in [0.717, 1.165) is 11.6 Å². The highest BCUT2D eigenvalue weighted by atomic mass is 19.4. The number of fused-ring (bicyclic) bond motifs is 1. The summed E-state index contributed by atoms with van der Waals surface area (Å²) in [6.45, 7) is 3.53. The number of hydrogen-bond acceptors (Lipinski definition) is 1. The second kappa shape index (κ2) is 7.75. The third-order valence-electron chi connectivity index (χ3n) is 5.25. The van der Waals surface area contributed by atoms with Gasteiger partial charge in [-0.05, 0) is 37.1 Å². The van der Waals surface area contributed by atoms with Crippen LogP contribution in [0.2, 0.25) is 0 Å². The molecule has 0 saturated heterocycles. The summed E-state index contributed by atoms with van der Waals surface area (Å²) < 4.78 is 97.2. The van der Waals surface area contributed by atoms with E-state index in [1.54, 1.807) is 31.2 Å². The molecule has 170 valence electrons. The van der Waals surface area contributed by atoms with Gasteiger partial charge in [-0.15, -0.1) is 0 Å². The Labute approximate surface area is 182 Å². The van der Waals surface area contributed by atoms with Crippen LogP contribution in [0.5, 0.6) is 0 Å². The van der Waals surface area contributed by atoms with E-state index < -0.39 is 46.3 Å². The van der Waals surface area contributed by atoms with Crippen LogP contribution in [0.3, 0.4) is 0 Å². The fraction of sp³-hybridized carbons (Fsp3) is 0.125. The van der Waals surface area contributed by atoms with Gasteiger partial charge in [0, 0.05) is 11.5 Å². The molecule has 0 aliphatic heterocycles. The summed E-state index contributed by atoms with van der Waals surface area (Å²) in [4.78, 5) is 13.0. The van der Waals surface area contributed by atoms with Crippen LogP contribution >= 0.6 is 0 Å². The first-order chi connectivity index (χ1) is 15.4. The fourth-order valence-electron chi connectivity index (χ4n) is 3.79. The number of hydrogen-bond donors (Lipinski definition) is 0. The van der Waals surface area contributed by atoms with Crippen molar-refractivity contribution in [2.45, 2.75) is 20.0 Å². The molecular weight excluding hydrogens is 451 g/mol. The van der Waals surface area contributed by atoms with Gasteiger partial charge in [0.15, 0.2) is 23.3 Å². The third kappa shape index (κ3) is 3.67. The average molecular weight is 465 g/mol. The molecule has 0 radical (unpaired) electrons. The molecule has 0 aliphatic carbocycles. The first-order valence-corrected chi connectivity index (χ1v) is 9.58. The summed E-state index contributed by atoms with van der Waals surface area (Å²) >= 11 is 0. The van der Waals surface area contributed by atoms with Crippen LogP contribution in [0, 0.1) is 37.1 Å². The summed E-state index contributed by atoms with van der Waals surface area (Å²) in [7, 11) is 0. The first kappa shape index (κ1) is 22.6. The Hall–Kier alpha value is -3.62. The Morgan fingerprint density at radius 3 is 1.94 bits per heavy atom. The molecule has 33 heavy (non-hydrogen) atoms. The minimum Gasteiger partial charge on any atom is -0.271 e. The van der Waals surface area contributed by atoms with Gasteiger partial charge in [-0.2, -0.15) is 13.2 Å². The van der Waals surface area contributed by atoms with Crippen LogP contribution in [0.1, 0.15) is 16.7 Å². The summed E-state index contributed by atoms with van der Waals surface area (Å²) in [6.07, 6.45) is -5.69. The molecule has 4 aromatic rings. The molecule has 0 spiro atoms. The summed E-state index contributed by atoms with van der Waals surface area (Å²) in [5, 5.41) is 0.305. The molecule has 4 rings (SSSR count). The standard InChI is InChI=1S/C24H14F7NO/c1-11-4-3-5-13(8-11)14-10-17(33)32(16-7-6-12(2)9-15(14)16)23-21(27)19(25)18(24(29,30)31)20(26)22(23)28/h3-10H,1-2H3. The molecule has 3 aromatic carbocycles. The second-order valence-electron chi connectivity index (χ2n) is 7.60. The monoisotopic (exact) mass is 465 g/mol. The Morgan fingerprint density at radius 1 is 0.758 bits per heavy atom. The molecule has 0 atom stereocenters. The smallest absolute Gasteiger partial charge is 0.271 e. The number of halogens is 7. The second-order valence-corrected chi connectivity index (χ2v) is 7.60. The Kier molecular flexibility index (Phi) is 5.30. The Bertz CT molecular complexity index is 1460. The van der Waals surface area contributed by atoms with Crippen LogP contribution in [-0.4, -0.2) is 4.57 Å². The lowest BCUT2D eigenvalue weighted by molar-refractivity contribution is -0.143. The molecule has 1 heterocycles. The molecule has 0 unspecified atom stereocenters. The molecule has 0 fully saturated rings. The van der Waals surface area contributed by atoms with Gasteiger partial charge >= 0.3 is 6.18 Å². The van der Waals surface area contributed by atoms with Gasteiger partial charge in [-0.3, -0.25) is 9.36 Å². The molecule has 1 aromatic heterocycles. The number of aromatic nitrogens is 1. The van der Waals surface area contributed by atoms with Crippen molar-refractivity contribution in [2.75, 3.05) is 0 Å². The topological polar surface area (TPSA) is 22.0 Å². The number of benzene rings is 3. The van der Waals surface area contributed by atoms with Crippen LogP contribution < -0.4 is 5.56 Å². The lowest BCUT2D eigenvalue weighted by atomic mass is 9.98. The zero-order valence-electron chi connectivity index (χ0n) is 17.1. The highest BCUT2D eigenvalue weighted by Gasteiger charge is 2.43. The van der Waals surface area contributed by atoms with Crippen LogP contribution in [0.15, 0.2) is 53.3 Å². The van der Waals surface area contributed by atoms with E-state index >= 15 is 0 Å². The number of pyridine rings is 1. The van der Waals surface area contributed by atoms with Gasteiger partial charge in [-0.1, -0.05) is 41.5 Å².